The molecule has 2 N–H and O–H groups in total. The van der Waals surface area contributed by atoms with Crippen LogP contribution < -0.4 is 4.74 Å². The normalized spacial score (nSPS) is 31.7. The summed E-state index contributed by atoms with van der Waals surface area (Å²) >= 11 is 0. The minimum Gasteiger partial charge on any atom is -0.497 e. The highest BCUT2D eigenvalue weighted by atomic mass is 16.5. The number of aliphatic carboxylic acids is 1. The standard InChI is InChI=1S/C13H16O4/c1-12(16)7-13(8-12,11(14)15)9-3-5-10(17-2)6-4-9/h3-6,16H,7-8H2,1-2H3,(H,14,15). The van der Waals surface area contributed by atoms with E-state index in [-0.39, 0.29) is 12.8 Å². The van der Waals surface area contributed by atoms with Crippen molar-refractivity contribution in [2.24, 2.45) is 0 Å². The quantitative estimate of drug-likeness (QED) is 0.835. The highest BCUT2D eigenvalue weighted by molar-refractivity contribution is 5.83. The smallest absolute Gasteiger partial charge is 0.314 e. The molecule has 1 aliphatic rings. The van der Waals surface area contributed by atoms with Crippen molar-refractivity contribution in [2.45, 2.75) is 30.8 Å². The Labute approximate surface area is 99.8 Å². The maximum atomic E-state index is 11.4. The van der Waals surface area contributed by atoms with Gasteiger partial charge in [0.1, 0.15) is 5.75 Å². The zero-order valence-electron chi connectivity index (χ0n) is 9.93. The van der Waals surface area contributed by atoms with E-state index in [1.165, 1.54) is 0 Å². The third kappa shape index (κ3) is 1.89. The number of hydrogen-bond acceptors (Lipinski definition) is 3. The highest BCUT2D eigenvalue weighted by Gasteiger charge is 2.57. The molecule has 0 spiro atoms. The van der Waals surface area contributed by atoms with Crippen LogP contribution >= 0.6 is 0 Å². The average molecular weight is 236 g/mol. The molecule has 1 aromatic carbocycles. The van der Waals surface area contributed by atoms with Gasteiger partial charge in [0, 0.05) is 0 Å². The van der Waals surface area contributed by atoms with Crippen LogP contribution in [0.4, 0.5) is 0 Å². The number of benzene rings is 1. The molecule has 1 aromatic rings. The summed E-state index contributed by atoms with van der Waals surface area (Å²) in [7, 11) is 1.57. The van der Waals surface area contributed by atoms with Crippen molar-refractivity contribution in [1.82, 2.24) is 0 Å². The van der Waals surface area contributed by atoms with E-state index < -0.39 is 17.0 Å². The molecule has 0 saturated heterocycles. The minimum atomic E-state index is -0.949. The number of carboxylic acid groups (broad SMARTS) is 1. The maximum absolute atomic E-state index is 11.4. The summed E-state index contributed by atoms with van der Waals surface area (Å²) < 4.78 is 5.04. The van der Waals surface area contributed by atoms with Gasteiger partial charge in [-0.2, -0.15) is 0 Å². The van der Waals surface area contributed by atoms with E-state index in [0.29, 0.717) is 5.75 Å². The predicted molar refractivity (Wildman–Crippen MR) is 62.2 cm³/mol. The Morgan fingerprint density at radius 3 is 2.18 bits per heavy atom. The van der Waals surface area contributed by atoms with Gasteiger partial charge in [-0.05, 0) is 37.5 Å². The van der Waals surface area contributed by atoms with Gasteiger partial charge in [-0.15, -0.1) is 0 Å². The van der Waals surface area contributed by atoms with Gasteiger partial charge in [0.25, 0.3) is 0 Å². The zero-order valence-corrected chi connectivity index (χ0v) is 9.93. The first-order valence-electron chi connectivity index (χ1n) is 5.50. The Balaban J connectivity index is 2.32. The third-order valence-electron chi connectivity index (χ3n) is 3.42. The Morgan fingerprint density at radius 2 is 1.82 bits per heavy atom. The van der Waals surface area contributed by atoms with E-state index in [9.17, 15) is 15.0 Å². The van der Waals surface area contributed by atoms with Crippen LogP contribution in [-0.4, -0.2) is 28.9 Å². The molecule has 0 aromatic heterocycles. The van der Waals surface area contributed by atoms with E-state index in [4.69, 9.17) is 4.74 Å². The largest absolute Gasteiger partial charge is 0.497 e. The summed E-state index contributed by atoms with van der Waals surface area (Å²) in [6, 6.07) is 6.99. The third-order valence-corrected chi connectivity index (χ3v) is 3.42. The molecule has 0 atom stereocenters. The van der Waals surface area contributed by atoms with Gasteiger partial charge < -0.3 is 14.9 Å². The molecule has 0 radical (unpaired) electrons. The van der Waals surface area contributed by atoms with Gasteiger partial charge in [-0.3, -0.25) is 4.79 Å². The molecule has 0 bridgehead atoms. The van der Waals surface area contributed by atoms with Crippen LogP contribution in [0.15, 0.2) is 24.3 Å². The van der Waals surface area contributed by atoms with Crippen LogP contribution in [0.1, 0.15) is 25.3 Å². The molecular formula is C13H16O4. The second kappa shape index (κ2) is 3.74. The molecule has 0 heterocycles. The van der Waals surface area contributed by atoms with Crippen LogP contribution in [0.25, 0.3) is 0 Å². The summed E-state index contributed by atoms with van der Waals surface area (Å²) in [6.07, 6.45) is 0.503. The predicted octanol–water partition coefficient (Wildman–Crippen LogP) is 1.56. The zero-order chi connectivity index (χ0) is 12.7. The van der Waals surface area contributed by atoms with Gasteiger partial charge in [0.05, 0.1) is 18.1 Å². The summed E-state index contributed by atoms with van der Waals surface area (Å²) in [6.45, 7) is 1.66. The number of rotatable bonds is 3. The topological polar surface area (TPSA) is 66.8 Å². The van der Waals surface area contributed by atoms with Crippen LogP contribution in [0.2, 0.25) is 0 Å². The summed E-state index contributed by atoms with van der Waals surface area (Å²) in [4.78, 5) is 11.4. The average Bonchev–Trinajstić information content (AvgIpc) is 2.25. The molecule has 1 saturated carbocycles. The van der Waals surface area contributed by atoms with Crippen molar-refractivity contribution in [3.63, 3.8) is 0 Å². The lowest BCUT2D eigenvalue weighted by molar-refractivity contribution is -0.162. The molecule has 2 rings (SSSR count). The lowest BCUT2D eigenvalue weighted by atomic mass is 9.57. The molecule has 0 unspecified atom stereocenters. The van der Waals surface area contributed by atoms with Crippen LogP contribution in [0.3, 0.4) is 0 Å². The van der Waals surface area contributed by atoms with Crippen molar-refractivity contribution in [2.75, 3.05) is 7.11 Å². The number of hydrogen-bond donors (Lipinski definition) is 2. The van der Waals surface area contributed by atoms with E-state index in [1.807, 2.05) is 0 Å². The van der Waals surface area contributed by atoms with Gasteiger partial charge in [0.2, 0.25) is 0 Å². The molecule has 1 aliphatic carbocycles. The monoisotopic (exact) mass is 236 g/mol. The number of carboxylic acids is 1. The lowest BCUT2D eigenvalue weighted by Gasteiger charge is -2.49. The maximum Gasteiger partial charge on any atom is 0.314 e. The van der Waals surface area contributed by atoms with Crippen molar-refractivity contribution in [3.05, 3.63) is 29.8 Å². The van der Waals surface area contributed by atoms with Crippen LogP contribution in [0, 0.1) is 0 Å². The lowest BCUT2D eigenvalue weighted by Crippen LogP contribution is -2.57. The van der Waals surface area contributed by atoms with Gasteiger partial charge in [0.15, 0.2) is 0 Å². The Morgan fingerprint density at radius 1 is 1.29 bits per heavy atom. The molecule has 4 heteroatoms. The molecule has 1 fully saturated rings. The van der Waals surface area contributed by atoms with Crippen molar-refractivity contribution in [1.29, 1.82) is 0 Å². The Kier molecular flexibility index (Phi) is 2.62. The fourth-order valence-electron chi connectivity index (χ4n) is 2.64. The van der Waals surface area contributed by atoms with Gasteiger partial charge >= 0.3 is 5.97 Å². The molecule has 4 nitrogen and oxygen atoms in total. The SMILES string of the molecule is COc1ccc(C2(C(=O)O)CC(C)(O)C2)cc1. The first-order valence-corrected chi connectivity index (χ1v) is 5.50. The minimum absolute atomic E-state index is 0.252. The first-order chi connectivity index (χ1) is 7.89. The van der Waals surface area contributed by atoms with E-state index in [0.717, 1.165) is 5.56 Å². The molecule has 92 valence electrons. The fraction of sp³-hybridized carbons (Fsp3) is 0.462. The Bertz CT molecular complexity index is 425. The number of ether oxygens (including phenoxy) is 1. The fourth-order valence-corrected chi connectivity index (χ4v) is 2.64. The summed E-state index contributed by atoms with van der Waals surface area (Å²) in [5.74, 6) is -0.186. The van der Waals surface area contributed by atoms with Gasteiger partial charge in [-0.1, -0.05) is 12.1 Å². The van der Waals surface area contributed by atoms with E-state index >= 15 is 0 Å². The van der Waals surface area contributed by atoms with Crippen molar-refractivity contribution >= 4 is 5.97 Å². The summed E-state index contributed by atoms with van der Waals surface area (Å²) in [5.41, 5.74) is -1.11. The van der Waals surface area contributed by atoms with Crippen molar-refractivity contribution < 1.29 is 19.7 Å². The highest BCUT2D eigenvalue weighted by Crippen LogP contribution is 2.50. The van der Waals surface area contributed by atoms with Gasteiger partial charge in [-0.25, -0.2) is 0 Å². The molecule has 0 amide bonds. The summed E-state index contributed by atoms with van der Waals surface area (Å²) in [5, 5.41) is 19.1. The van der Waals surface area contributed by atoms with Crippen LogP contribution in [0.5, 0.6) is 5.75 Å². The second-order valence-corrected chi connectivity index (χ2v) is 4.97. The number of methoxy groups -OCH3 is 1. The molecule has 0 aliphatic heterocycles. The molecular weight excluding hydrogens is 220 g/mol. The first kappa shape index (κ1) is 11.9. The van der Waals surface area contributed by atoms with Crippen molar-refractivity contribution in [3.8, 4) is 5.75 Å². The Hall–Kier alpha value is -1.55. The van der Waals surface area contributed by atoms with Crippen LogP contribution in [-0.2, 0) is 10.2 Å². The van der Waals surface area contributed by atoms with E-state index in [2.05, 4.69) is 0 Å². The second-order valence-electron chi connectivity index (χ2n) is 4.97. The number of carbonyl (C=O) groups is 1. The number of aliphatic hydroxyl groups is 1. The molecule has 17 heavy (non-hydrogen) atoms. The van der Waals surface area contributed by atoms with E-state index in [1.54, 1.807) is 38.3 Å².